The average Bonchev–Trinajstić information content (AvgIpc) is 4.02. The van der Waals surface area contributed by atoms with Gasteiger partial charge in [-0.3, -0.25) is 0 Å². The van der Waals surface area contributed by atoms with E-state index in [4.69, 9.17) is 13.8 Å². The summed E-state index contributed by atoms with van der Waals surface area (Å²) in [5, 5.41) is 4.40. The smallest absolute Gasteiger partial charge is 0.227 e. The highest BCUT2D eigenvalue weighted by molar-refractivity contribution is 6.18. The fraction of sp³-hybridized carbons (Fsp3) is 0.0364. The molecule has 0 N–H and O–H groups in total. The van der Waals surface area contributed by atoms with Crippen LogP contribution in [0, 0.1) is 0 Å². The van der Waals surface area contributed by atoms with Gasteiger partial charge in [-0.25, -0.2) is 4.98 Å². The maximum absolute atomic E-state index is 6.49. The zero-order valence-corrected chi connectivity index (χ0v) is 32.6. The van der Waals surface area contributed by atoms with Crippen LogP contribution >= 0.6 is 0 Å². The summed E-state index contributed by atoms with van der Waals surface area (Å²) in [7, 11) is 0. The molecule has 0 saturated carbocycles. The number of rotatable bonds is 7. The predicted molar refractivity (Wildman–Crippen MR) is 248 cm³/mol. The van der Waals surface area contributed by atoms with Crippen molar-refractivity contribution < 1.29 is 8.83 Å². The van der Waals surface area contributed by atoms with Crippen molar-refractivity contribution in [3.63, 3.8) is 0 Å². The van der Waals surface area contributed by atoms with Crippen molar-refractivity contribution in [1.29, 1.82) is 0 Å². The van der Waals surface area contributed by atoms with Crippen molar-refractivity contribution in [3.05, 3.63) is 200 Å². The summed E-state index contributed by atoms with van der Waals surface area (Å²) in [6, 6.07) is 64.4. The van der Waals surface area contributed by atoms with Crippen molar-refractivity contribution in [2.75, 3.05) is 4.90 Å². The van der Waals surface area contributed by atoms with Crippen LogP contribution in [0.4, 0.5) is 17.1 Å². The Morgan fingerprint density at radius 2 is 1.25 bits per heavy atom. The first-order valence-corrected chi connectivity index (χ1v) is 20.5. The maximum Gasteiger partial charge on any atom is 0.227 e. The molecule has 60 heavy (non-hydrogen) atoms. The summed E-state index contributed by atoms with van der Waals surface area (Å²) in [6.07, 6.45) is 8.74. The summed E-state index contributed by atoms with van der Waals surface area (Å²) < 4.78 is 15.3. The second-order valence-electron chi connectivity index (χ2n) is 15.4. The zero-order chi connectivity index (χ0) is 39.6. The number of fused-ring (bicyclic) bond motifs is 8. The molecule has 3 aromatic heterocycles. The van der Waals surface area contributed by atoms with Gasteiger partial charge in [-0.15, -0.1) is 0 Å². The van der Waals surface area contributed by atoms with Gasteiger partial charge >= 0.3 is 0 Å². The van der Waals surface area contributed by atoms with Gasteiger partial charge in [0.15, 0.2) is 5.58 Å². The van der Waals surface area contributed by atoms with Crippen molar-refractivity contribution >= 4 is 77.6 Å². The van der Waals surface area contributed by atoms with Crippen LogP contribution in [0.15, 0.2) is 209 Å². The lowest BCUT2D eigenvalue weighted by Gasteiger charge is -2.29. The van der Waals surface area contributed by atoms with Gasteiger partial charge < -0.3 is 18.3 Å². The van der Waals surface area contributed by atoms with E-state index in [0.717, 1.165) is 85.2 Å². The molecular formula is C55H37N3O2. The number of anilines is 3. The molecule has 0 bridgehead atoms. The van der Waals surface area contributed by atoms with Crippen LogP contribution in [0.3, 0.4) is 0 Å². The van der Waals surface area contributed by atoms with E-state index < -0.39 is 0 Å². The molecule has 0 unspecified atom stereocenters. The van der Waals surface area contributed by atoms with Gasteiger partial charge in [-0.2, -0.15) is 0 Å². The lowest BCUT2D eigenvalue weighted by Crippen LogP contribution is -2.11. The second-order valence-corrected chi connectivity index (χ2v) is 15.4. The number of allylic oxidation sites excluding steroid dienone is 4. The molecule has 12 rings (SSSR count). The van der Waals surface area contributed by atoms with Gasteiger partial charge in [-0.05, 0) is 108 Å². The van der Waals surface area contributed by atoms with Crippen molar-refractivity contribution in [2.45, 2.75) is 12.8 Å². The minimum Gasteiger partial charge on any atom is -0.456 e. The molecule has 0 atom stereocenters. The number of para-hydroxylation sites is 2. The first kappa shape index (κ1) is 34.2. The third-order valence-electron chi connectivity index (χ3n) is 11.9. The Bertz CT molecular complexity index is 3480. The lowest BCUT2D eigenvalue weighted by molar-refractivity contribution is 0.622. The Morgan fingerprint density at radius 1 is 0.517 bits per heavy atom. The first-order chi connectivity index (χ1) is 29.8. The van der Waals surface area contributed by atoms with Crippen LogP contribution in [0.25, 0.3) is 94.2 Å². The second kappa shape index (κ2) is 13.9. The van der Waals surface area contributed by atoms with Crippen LogP contribution in [0.2, 0.25) is 0 Å². The Balaban J connectivity index is 1.00. The van der Waals surface area contributed by atoms with E-state index in [1.54, 1.807) is 0 Å². The highest BCUT2D eigenvalue weighted by atomic mass is 16.4. The van der Waals surface area contributed by atoms with E-state index in [9.17, 15) is 0 Å². The first-order valence-electron chi connectivity index (χ1n) is 20.5. The van der Waals surface area contributed by atoms with E-state index in [0.29, 0.717) is 5.89 Å². The fourth-order valence-electron chi connectivity index (χ4n) is 9.14. The molecule has 0 aliphatic heterocycles. The Labute approximate surface area is 346 Å². The number of benzene rings is 8. The minimum atomic E-state index is 0.602. The van der Waals surface area contributed by atoms with Gasteiger partial charge in [0.1, 0.15) is 16.7 Å². The Hall–Kier alpha value is -7.89. The van der Waals surface area contributed by atoms with E-state index in [-0.39, 0.29) is 0 Å². The van der Waals surface area contributed by atoms with Crippen LogP contribution in [0.5, 0.6) is 0 Å². The standard InChI is InChI=1S/C55H37N3O2/c1-4-15-37(16-5-1)42-21-10-12-23-46(42)58(49-26-14-25-48-52(49)43-22-11-13-24-47(43)57(48)40-19-8-3-9-20-40)41-30-27-36(28-31-41)39-29-32-44-51(35-39)59-50-34-33-45-54(53(44)50)60-55(56-45)38-17-6-2-7-18-38/h1-8,10-19,21-35H,9,20H2. The lowest BCUT2D eigenvalue weighted by atomic mass is 10.00. The van der Waals surface area contributed by atoms with E-state index in [2.05, 4.69) is 167 Å². The van der Waals surface area contributed by atoms with Crippen LogP contribution in [-0.4, -0.2) is 9.55 Å². The molecule has 0 radical (unpaired) electrons. The van der Waals surface area contributed by atoms with Gasteiger partial charge in [-0.1, -0.05) is 121 Å². The molecular weight excluding hydrogens is 735 g/mol. The molecule has 1 aliphatic rings. The fourth-order valence-corrected chi connectivity index (χ4v) is 9.14. The molecule has 0 saturated heterocycles. The number of furan rings is 1. The third-order valence-corrected chi connectivity index (χ3v) is 11.9. The quantitative estimate of drug-likeness (QED) is 0.162. The van der Waals surface area contributed by atoms with Crippen LogP contribution in [-0.2, 0) is 0 Å². The largest absolute Gasteiger partial charge is 0.456 e. The van der Waals surface area contributed by atoms with E-state index in [1.165, 1.54) is 33.1 Å². The monoisotopic (exact) mass is 771 g/mol. The summed E-state index contributed by atoms with van der Waals surface area (Å²) >= 11 is 0. The SMILES string of the molecule is C1=CCCC(n2c3ccccc3c3c(N(c4ccc(-c5ccc6c(c5)oc5ccc7nc(-c8ccccc8)oc7c56)cc4)c4ccccc4-c4ccccc4)cccc32)=C1. The van der Waals surface area contributed by atoms with Gasteiger partial charge in [0.25, 0.3) is 0 Å². The molecule has 5 nitrogen and oxygen atoms in total. The molecule has 284 valence electrons. The number of nitrogens with zero attached hydrogens (tertiary/aromatic N) is 3. The van der Waals surface area contributed by atoms with Gasteiger partial charge in [0.2, 0.25) is 5.89 Å². The number of aromatic nitrogens is 2. The minimum absolute atomic E-state index is 0.602. The number of hydrogen-bond donors (Lipinski definition) is 0. The number of oxazole rings is 1. The summed E-state index contributed by atoms with van der Waals surface area (Å²) in [6.45, 7) is 0. The topological polar surface area (TPSA) is 47.3 Å². The normalized spacial score (nSPS) is 12.9. The van der Waals surface area contributed by atoms with E-state index >= 15 is 0 Å². The third kappa shape index (κ3) is 5.51. The summed E-state index contributed by atoms with van der Waals surface area (Å²) in [5.74, 6) is 0.602. The molecule has 0 fully saturated rings. The van der Waals surface area contributed by atoms with E-state index in [1.807, 2.05) is 42.5 Å². The van der Waals surface area contributed by atoms with Crippen molar-refractivity contribution in [2.24, 2.45) is 0 Å². The maximum atomic E-state index is 6.49. The highest BCUT2D eigenvalue weighted by Crippen LogP contribution is 2.47. The Kier molecular flexibility index (Phi) is 7.91. The van der Waals surface area contributed by atoms with Gasteiger partial charge in [0, 0.05) is 38.7 Å². The molecule has 0 spiro atoms. The molecule has 3 heterocycles. The molecule has 5 heteroatoms. The highest BCUT2D eigenvalue weighted by Gasteiger charge is 2.24. The van der Waals surface area contributed by atoms with Gasteiger partial charge in [0.05, 0.1) is 27.8 Å². The summed E-state index contributed by atoms with van der Waals surface area (Å²) in [4.78, 5) is 7.25. The van der Waals surface area contributed by atoms with Crippen molar-refractivity contribution in [1.82, 2.24) is 9.55 Å². The van der Waals surface area contributed by atoms with Crippen molar-refractivity contribution in [3.8, 4) is 33.7 Å². The molecule has 11 aromatic rings. The molecule has 0 amide bonds. The number of hydrogen-bond acceptors (Lipinski definition) is 4. The average molecular weight is 772 g/mol. The van der Waals surface area contributed by atoms with Crippen LogP contribution < -0.4 is 4.90 Å². The predicted octanol–water partition coefficient (Wildman–Crippen LogP) is 15.5. The molecule has 1 aliphatic carbocycles. The zero-order valence-electron chi connectivity index (χ0n) is 32.6. The molecule has 8 aromatic carbocycles. The van der Waals surface area contributed by atoms with Crippen LogP contribution in [0.1, 0.15) is 12.8 Å². The Morgan fingerprint density at radius 3 is 2.08 bits per heavy atom. The summed E-state index contributed by atoms with van der Waals surface area (Å²) in [5.41, 5.74) is 15.6.